The molecule has 2 heterocycles. The summed E-state index contributed by atoms with van der Waals surface area (Å²) in [5, 5.41) is 0.687. The molecule has 0 amide bonds. The van der Waals surface area contributed by atoms with E-state index >= 15 is 0 Å². The van der Waals surface area contributed by atoms with Crippen molar-refractivity contribution in [2.75, 3.05) is 5.73 Å². The highest BCUT2D eigenvalue weighted by atomic mass is 19.3. The van der Waals surface area contributed by atoms with Crippen LogP contribution in [0.1, 0.15) is 12.0 Å². The average Bonchev–Trinajstić information content (AvgIpc) is 2.47. The second kappa shape index (κ2) is 4.80. The lowest BCUT2D eigenvalue weighted by Crippen LogP contribution is -1.94. The molecule has 0 radical (unpaired) electrons. The number of aromatic nitrogens is 3. The van der Waals surface area contributed by atoms with Gasteiger partial charge in [0.2, 0.25) is 0 Å². The first kappa shape index (κ1) is 12.4. The Balaban J connectivity index is 2.15. The minimum Gasteiger partial charge on any atom is -0.383 e. The van der Waals surface area contributed by atoms with Gasteiger partial charge in [0.25, 0.3) is 6.43 Å². The van der Waals surface area contributed by atoms with E-state index in [1.807, 2.05) is 0 Å². The highest BCUT2D eigenvalue weighted by molar-refractivity contribution is 5.91. The van der Waals surface area contributed by atoms with Crippen LogP contribution in [-0.2, 0) is 0 Å². The Morgan fingerprint density at radius 2 is 1.85 bits per heavy atom. The van der Waals surface area contributed by atoms with Crippen molar-refractivity contribution in [1.82, 2.24) is 15.0 Å². The Morgan fingerprint density at radius 1 is 1.00 bits per heavy atom. The third kappa shape index (κ3) is 2.16. The van der Waals surface area contributed by atoms with Gasteiger partial charge in [-0.2, -0.15) is 0 Å². The number of nitrogens with two attached hydrogens (primary N) is 1. The predicted octanol–water partition coefficient (Wildman–Crippen LogP) is 3.21. The number of hydrogen-bond donors (Lipinski definition) is 1. The Bertz CT molecular complexity index is 774. The summed E-state index contributed by atoms with van der Waals surface area (Å²) in [6.07, 6.45) is 1.53. The highest BCUT2D eigenvalue weighted by Gasteiger charge is 2.10. The topological polar surface area (TPSA) is 64.7 Å². The van der Waals surface area contributed by atoms with Crippen molar-refractivity contribution in [3.8, 4) is 11.1 Å². The first-order chi connectivity index (χ1) is 9.65. The fourth-order valence-electron chi connectivity index (χ4n) is 1.99. The summed E-state index contributed by atoms with van der Waals surface area (Å²) in [7, 11) is 0. The third-order valence-corrected chi connectivity index (χ3v) is 3.01. The molecule has 0 aliphatic heterocycles. The van der Waals surface area contributed by atoms with Gasteiger partial charge >= 0.3 is 0 Å². The zero-order valence-corrected chi connectivity index (χ0v) is 10.3. The van der Waals surface area contributed by atoms with E-state index in [2.05, 4.69) is 15.0 Å². The van der Waals surface area contributed by atoms with Crippen molar-refractivity contribution < 1.29 is 8.78 Å². The van der Waals surface area contributed by atoms with Gasteiger partial charge in [-0.05, 0) is 23.8 Å². The van der Waals surface area contributed by atoms with Crippen LogP contribution < -0.4 is 5.73 Å². The number of fused-ring (bicyclic) bond motifs is 1. The Labute approximate surface area is 113 Å². The smallest absolute Gasteiger partial charge is 0.265 e. The minimum atomic E-state index is -2.55. The molecule has 2 aromatic heterocycles. The number of pyridine rings is 1. The van der Waals surface area contributed by atoms with Gasteiger partial charge in [-0.3, -0.25) is 4.98 Å². The molecule has 6 heteroatoms. The highest BCUT2D eigenvalue weighted by Crippen LogP contribution is 2.28. The molecule has 0 unspecified atom stereocenters. The van der Waals surface area contributed by atoms with Gasteiger partial charge in [0, 0.05) is 28.9 Å². The molecule has 0 spiro atoms. The fourth-order valence-corrected chi connectivity index (χ4v) is 1.99. The summed E-state index contributed by atoms with van der Waals surface area (Å²) in [5.41, 5.74) is 7.74. The van der Waals surface area contributed by atoms with Gasteiger partial charge in [-0.25, -0.2) is 18.7 Å². The molecule has 20 heavy (non-hydrogen) atoms. The number of nitrogen functional groups attached to an aromatic ring is 1. The SMILES string of the molecule is Nc1ncnc2ccc(-c3cncc(C(F)F)c3)cc12. The average molecular weight is 272 g/mol. The first-order valence-corrected chi connectivity index (χ1v) is 5.89. The third-order valence-electron chi connectivity index (χ3n) is 3.01. The number of rotatable bonds is 2. The normalized spacial score (nSPS) is 11.2. The number of anilines is 1. The maximum absolute atomic E-state index is 12.7. The predicted molar refractivity (Wildman–Crippen MR) is 72.1 cm³/mol. The van der Waals surface area contributed by atoms with Crippen LogP contribution in [0.4, 0.5) is 14.6 Å². The second-order valence-corrected chi connectivity index (χ2v) is 4.30. The fraction of sp³-hybridized carbons (Fsp3) is 0.0714. The summed E-state index contributed by atoms with van der Waals surface area (Å²) in [6.45, 7) is 0. The molecule has 0 saturated heterocycles. The minimum absolute atomic E-state index is 0.111. The quantitative estimate of drug-likeness (QED) is 0.778. The Kier molecular flexibility index (Phi) is 2.98. The van der Waals surface area contributed by atoms with E-state index in [0.29, 0.717) is 22.3 Å². The molecule has 0 saturated carbocycles. The van der Waals surface area contributed by atoms with Gasteiger partial charge in [-0.1, -0.05) is 6.07 Å². The molecular formula is C14H10F2N4. The lowest BCUT2D eigenvalue weighted by molar-refractivity contribution is 0.151. The van der Waals surface area contributed by atoms with Crippen LogP contribution in [0.25, 0.3) is 22.0 Å². The zero-order chi connectivity index (χ0) is 14.1. The van der Waals surface area contributed by atoms with E-state index in [4.69, 9.17) is 5.73 Å². The standard InChI is InChI=1S/C14H10F2N4/c15-13(16)10-3-9(5-18-6-10)8-1-2-12-11(4-8)14(17)20-7-19-12/h1-7,13H,(H2,17,19,20). The molecule has 3 rings (SSSR count). The maximum atomic E-state index is 12.7. The van der Waals surface area contributed by atoms with Crippen LogP contribution in [0, 0.1) is 0 Å². The number of alkyl halides is 2. The molecule has 1 aromatic carbocycles. The number of halogens is 2. The monoisotopic (exact) mass is 272 g/mol. The van der Waals surface area contributed by atoms with Crippen molar-refractivity contribution in [1.29, 1.82) is 0 Å². The number of nitrogens with zero attached hydrogens (tertiary/aromatic N) is 3. The largest absolute Gasteiger partial charge is 0.383 e. The van der Waals surface area contributed by atoms with Crippen LogP contribution in [0.3, 0.4) is 0 Å². The van der Waals surface area contributed by atoms with E-state index in [9.17, 15) is 8.78 Å². The first-order valence-electron chi connectivity index (χ1n) is 5.89. The van der Waals surface area contributed by atoms with E-state index in [1.54, 1.807) is 18.2 Å². The molecule has 100 valence electrons. The van der Waals surface area contributed by atoms with E-state index in [0.717, 1.165) is 11.8 Å². The van der Waals surface area contributed by atoms with Crippen molar-refractivity contribution in [3.63, 3.8) is 0 Å². The van der Waals surface area contributed by atoms with Gasteiger partial charge in [0.15, 0.2) is 0 Å². The molecule has 3 aromatic rings. The molecule has 0 aliphatic carbocycles. The van der Waals surface area contributed by atoms with Crippen LogP contribution in [0.2, 0.25) is 0 Å². The molecule has 0 atom stereocenters. The summed E-state index contributed by atoms with van der Waals surface area (Å²) in [4.78, 5) is 11.9. The molecule has 2 N–H and O–H groups in total. The second-order valence-electron chi connectivity index (χ2n) is 4.30. The summed E-state index contributed by atoms with van der Waals surface area (Å²) in [6, 6.07) is 6.76. The zero-order valence-electron chi connectivity index (χ0n) is 10.3. The van der Waals surface area contributed by atoms with Crippen LogP contribution in [0.15, 0.2) is 43.0 Å². The van der Waals surface area contributed by atoms with Crippen LogP contribution in [-0.4, -0.2) is 15.0 Å². The van der Waals surface area contributed by atoms with Crippen molar-refractivity contribution >= 4 is 16.7 Å². The van der Waals surface area contributed by atoms with Crippen LogP contribution >= 0.6 is 0 Å². The Morgan fingerprint density at radius 3 is 2.65 bits per heavy atom. The van der Waals surface area contributed by atoms with E-state index < -0.39 is 6.43 Å². The molecule has 0 aliphatic rings. The molecule has 4 nitrogen and oxygen atoms in total. The number of benzene rings is 1. The molecule has 0 fully saturated rings. The van der Waals surface area contributed by atoms with Gasteiger partial charge in [0.1, 0.15) is 12.1 Å². The summed E-state index contributed by atoms with van der Waals surface area (Å²) in [5.74, 6) is 0.356. The maximum Gasteiger partial charge on any atom is 0.265 e. The van der Waals surface area contributed by atoms with Crippen molar-refractivity contribution in [2.24, 2.45) is 0 Å². The summed E-state index contributed by atoms with van der Waals surface area (Å²) < 4.78 is 25.4. The van der Waals surface area contributed by atoms with Gasteiger partial charge in [-0.15, -0.1) is 0 Å². The van der Waals surface area contributed by atoms with Crippen molar-refractivity contribution in [2.45, 2.75) is 6.43 Å². The van der Waals surface area contributed by atoms with Crippen molar-refractivity contribution in [3.05, 3.63) is 48.5 Å². The van der Waals surface area contributed by atoms with Crippen LogP contribution in [0.5, 0.6) is 0 Å². The van der Waals surface area contributed by atoms with Gasteiger partial charge < -0.3 is 5.73 Å². The molecular weight excluding hydrogens is 262 g/mol. The van der Waals surface area contributed by atoms with E-state index in [1.165, 1.54) is 18.6 Å². The van der Waals surface area contributed by atoms with Gasteiger partial charge in [0.05, 0.1) is 5.52 Å². The lowest BCUT2D eigenvalue weighted by atomic mass is 10.0. The number of hydrogen-bond acceptors (Lipinski definition) is 4. The van der Waals surface area contributed by atoms with E-state index in [-0.39, 0.29) is 5.56 Å². The Hall–Kier alpha value is -2.63. The lowest BCUT2D eigenvalue weighted by Gasteiger charge is -2.06. The molecule has 0 bridgehead atoms. The summed E-state index contributed by atoms with van der Waals surface area (Å²) >= 11 is 0.